The largest absolute Gasteiger partial charge is 0.305 e. The van der Waals surface area contributed by atoms with Crippen LogP contribution in [0.2, 0.25) is 0 Å². The highest BCUT2D eigenvalue weighted by molar-refractivity contribution is 6.03. The lowest BCUT2D eigenvalue weighted by Gasteiger charge is -2.08. The third kappa shape index (κ3) is 2.93. The zero-order chi connectivity index (χ0) is 17.4. The molecule has 1 aromatic carbocycles. The predicted octanol–water partition coefficient (Wildman–Crippen LogP) is 3.53. The van der Waals surface area contributed by atoms with Crippen molar-refractivity contribution < 1.29 is 4.79 Å². The zero-order valence-electron chi connectivity index (χ0n) is 14.4. The normalized spacial score (nSPS) is 12.9. The van der Waals surface area contributed by atoms with Crippen molar-refractivity contribution in [2.24, 2.45) is 7.05 Å². The molecule has 25 heavy (non-hydrogen) atoms. The Labute approximate surface area is 146 Å². The topological polar surface area (TPSA) is 59.8 Å². The molecular formula is C20H20N4O. The van der Waals surface area contributed by atoms with Gasteiger partial charge in [-0.3, -0.25) is 9.48 Å². The minimum Gasteiger partial charge on any atom is -0.305 e. The zero-order valence-corrected chi connectivity index (χ0v) is 14.4. The number of nitrogens with one attached hydrogen (secondary N) is 1. The van der Waals surface area contributed by atoms with Crippen molar-refractivity contribution in [3.8, 4) is 11.1 Å². The van der Waals surface area contributed by atoms with E-state index in [9.17, 15) is 4.79 Å². The molecule has 0 unspecified atom stereocenters. The molecular weight excluding hydrogens is 312 g/mol. The third-order valence-corrected chi connectivity index (χ3v) is 4.64. The number of aromatic nitrogens is 3. The summed E-state index contributed by atoms with van der Waals surface area (Å²) in [5.41, 5.74) is 6.14. The Morgan fingerprint density at radius 1 is 1.16 bits per heavy atom. The Morgan fingerprint density at radius 2 is 2.04 bits per heavy atom. The van der Waals surface area contributed by atoms with Crippen molar-refractivity contribution in [2.45, 2.75) is 26.2 Å². The number of anilines is 1. The van der Waals surface area contributed by atoms with Gasteiger partial charge < -0.3 is 5.32 Å². The Morgan fingerprint density at radius 3 is 2.80 bits per heavy atom. The van der Waals surface area contributed by atoms with Crippen molar-refractivity contribution in [1.82, 2.24) is 14.8 Å². The maximum absolute atomic E-state index is 12.6. The predicted molar refractivity (Wildman–Crippen MR) is 97.6 cm³/mol. The van der Waals surface area contributed by atoms with Gasteiger partial charge in [0.05, 0.1) is 5.69 Å². The van der Waals surface area contributed by atoms with Crippen molar-refractivity contribution in [1.29, 1.82) is 0 Å². The number of fused-ring (bicyclic) bond motifs is 1. The van der Waals surface area contributed by atoms with Crippen molar-refractivity contribution in [3.63, 3.8) is 0 Å². The van der Waals surface area contributed by atoms with Crippen LogP contribution in [0.5, 0.6) is 0 Å². The van der Waals surface area contributed by atoms with Gasteiger partial charge in [-0.1, -0.05) is 29.8 Å². The Kier molecular flexibility index (Phi) is 3.84. The van der Waals surface area contributed by atoms with E-state index in [1.807, 2.05) is 25.2 Å². The van der Waals surface area contributed by atoms with Gasteiger partial charge in [-0.25, -0.2) is 4.98 Å². The molecule has 1 aliphatic rings. The quantitative estimate of drug-likeness (QED) is 0.798. The number of benzene rings is 1. The molecule has 2 heterocycles. The van der Waals surface area contributed by atoms with E-state index in [1.54, 1.807) is 10.9 Å². The van der Waals surface area contributed by atoms with Gasteiger partial charge in [0.15, 0.2) is 0 Å². The molecule has 3 aromatic rings. The molecule has 1 N–H and O–H groups in total. The minimum atomic E-state index is -0.144. The van der Waals surface area contributed by atoms with Crippen LogP contribution in [0.15, 0.2) is 42.6 Å². The van der Waals surface area contributed by atoms with Crippen LogP contribution in [0.3, 0.4) is 0 Å². The summed E-state index contributed by atoms with van der Waals surface area (Å²) in [7, 11) is 1.82. The average Bonchev–Trinajstić information content (AvgIpc) is 3.15. The fourth-order valence-corrected chi connectivity index (χ4v) is 3.44. The van der Waals surface area contributed by atoms with Crippen LogP contribution in [0.4, 0.5) is 5.82 Å². The van der Waals surface area contributed by atoms with E-state index < -0.39 is 0 Å². The average molecular weight is 332 g/mol. The number of carbonyl (C=O) groups is 1. The Balaban J connectivity index is 1.55. The van der Waals surface area contributed by atoms with Crippen LogP contribution in [0, 0.1) is 6.92 Å². The van der Waals surface area contributed by atoms with Crippen LogP contribution >= 0.6 is 0 Å². The summed E-state index contributed by atoms with van der Waals surface area (Å²) in [5.74, 6) is 0.406. The number of pyridine rings is 1. The third-order valence-electron chi connectivity index (χ3n) is 4.64. The first-order chi connectivity index (χ1) is 12.1. The maximum atomic E-state index is 12.6. The summed E-state index contributed by atoms with van der Waals surface area (Å²) >= 11 is 0. The highest BCUT2D eigenvalue weighted by Crippen LogP contribution is 2.25. The molecule has 0 saturated heterocycles. The van der Waals surface area contributed by atoms with Gasteiger partial charge in [0, 0.05) is 24.4 Å². The van der Waals surface area contributed by atoms with Crippen molar-refractivity contribution in [2.75, 3.05) is 5.32 Å². The maximum Gasteiger partial charge on any atom is 0.275 e. The van der Waals surface area contributed by atoms with E-state index in [-0.39, 0.29) is 5.91 Å². The molecule has 0 atom stereocenters. The number of amides is 1. The molecule has 0 radical (unpaired) electrons. The summed E-state index contributed by atoms with van der Waals surface area (Å²) in [5, 5.41) is 7.35. The fraction of sp³-hybridized carbons (Fsp3) is 0.250. The summed E-state index contributed by atoms with van der Waals surface area (Å²) in [6.45, 7) is 2.07. The molecule has 0 bridgehead atoms. The van der Waals surface area contributed by atoms with Gasteiger partial charge in [-0.05, 0) is 43.9 Å². The summed E-state index contributed by atoms with van der Waals surface area (Å²) in [4.78, 5) is 17.0. The number of nitrogens with zero attached hydrogens (tertiary/aromatic N) is 3. The van der Waals surface area contributed by atoms with E-state index >= 15 is 0 Å². The van der Waals surface area contributed by atoms with Crippen LogP contribution in [0.1, 0.15) is 33.7 Å². The number of rotatable bonds is 3. The number of hydrogen-bond acceptors (Lipinski definition) is 3. The van der Waals surface area contributed by atoms with E-state index in [2.05, 4.69) is 40.5 Å². The van der Waals surface area contributed by atoms with E-state index in [0.29, 0.717) is 11.5 Å². The second-order valence-corrected chi connectivity index (χ2v) is 6.51. The minimum absolute atomic E-state index is 0.144. The van der Waals surface area contributed by atoms with Crippen molar-refractivity contribution in [3.05, 3.63) is 65.1 Å². The van der Waals surface area contributed by atoms with Gasteiger partial charge in [0.1, 0.15) is 11.5 Å². The van der Waals surface area contributed by atoms with Crippen LogP contribution in [0.25, 0.3) is 11.1 Å². The number of carbonyl (C=O) groups excluding carboxylic acids is 1. The van der Waals surface area contributed by atoms with E-state index in [4.69, 9.17) is 0 Å². The summed E-state index contributed by atoms with van der Waals surface area (Å²) in [6, 6.07) is 12.1. The Bertz CT molecular complexity index is 941. The van der Waals surface area contributed by atoms with Crippen LogP contribution in [-0.4, -0.2) is 20.7 Å². The van der Waals surface area contributed by atoms with E-state index in [1.165, 1.54) is 5.56 Å². The SMILES string of the molecule is Cc1cccc(-c2ccc(NC(=O)c3c4c(nn3C)CCC4)nc2)c1. The molecule has 4 rings (SSSR count). The molecule has 0 saturated carbocycles. The molecule has 126 valence electrons. The fourth-order valence-electron chi connectivity index (χ4n) is 3.44. The molecule has 1 amide bonds. The highest BCUT2D eigenvalue weighted by Gasteiger charge is 2.25. The lowest BCUT2D eigenvalue weighted by atomic mass is 10.1. The molecule has 5 heteroatoms. The molecule has 0 fully saturated rings. The first-order valence-corrected chi connectivity index (χ1v) is 8.51. The lowest BCUT2D eigenvalue weighted by molar-refractivity contribution is 0.101. The summed E-state index contributed by atoms with van der Waals surface area (Å²) in [6.07, 6.45) is 4.74. The van der Waals surface area contributed by atoms with Crippen molar-refractivity contribution >= 4 is 11.7 Å². The van der Waals surface area contributed by atoms with Gasteiger partial charge in [0.2, 0.25) is 0 Å². The van der Waals surface area contributed by atoms with Crippen LogP contribution < -0.4 is 5.32 Å². The smallest absolute Gasteiger partial charge is 0.275 e. The molecule has 0 aliphatic heterocycles. The number of aryl methyl sites for hydroxylation is 3. The molecule has 1 aliphatic carbocycles. The highest BCUT2D eigenvalue weighted by atomic mass is 16.2. The van der Waals surface area contributed by atoms with Gasteiger partial charge >= 0.3 is 0 Å². The first kappa shape index (κ1) is 15.6. The standard InChI is InChI=1S/C20H20N4O/c1-13-5-3-6-14(11-13)15-9-10-18(21-12-15)22-20(25)19-16-7-4-8-17(16)23-24(19)2/h3,5-6,9-12H,4,7-8H2,1-2H3,(H,21,22,25). The van der Waals surface area contributed by atoms with E-state index in [0.717, 1.165) is 41.6 Å². The summed E-state index contributed by atoms with van der Waals surface area (Å²) < 4.78 is 1.68. The lowest BCUT2D eigenvalue weighted by Crippen LogP contribution is -2.18. The second-order valence-electron chi connectivity index (χ2n) is 6.51. The Hall–Kier alpha value is -2.95. The first-order valence-electron chi connectivity index (χ1n) is 8.51. The second kappa shape index (κ2) is 6.16. The molecule has 0 spiro atoms. The van der Waals surface area contributed by atoms with Gasteiger partial charge in [0.25, 0.3) is 5.91 Å². The van der Waals surface area contributed by atoms with Gasteiger partial charge in [-0.15, -0.1) is 0 Å². The number of hydrogen-bond donors (Lipinski definition) is 1. The van der Waals surface area contributed by atoms with Gasteiger partial charge in [-0.2, -0.15) is 5.10 Å². The molecule has 2 aromatic heterocycles. The molecule has 5 nitrogen and oxygen atoms in total. The monoisotopic (exact) mass is 332 g/mol. The van der Waals surface area contributed by atoms with Crippen LogP contribution in [-0.2, 0) is 19.9 Å².